The van der Waals surface area contributed by atoms with Crippen LogP contribution in [0.5, 0.6) is 5.75 Å². The van der Waals surface area contributed by atoms with Crippen molar-refractivity contribution in [1.29, 1.82) is 0 Å². The van der Waals surface area contributed by atoms with Crippen molar-refractivity contribution in [1.82, 2.24) is 5.32 Å². The summed E-state index contributed by atoms with van der Waals surface area (Å²) in [5.41, 5.74) is 2.67. The van der Waals surface area contributed by atoms with E-state index >= 15 is 0 Å². The number of amides is 1. The summed E-state index contributed by atoms with van der Waals surface area (Å²) in [7, 11) is 0. The van der Waals surface area contributed by atoms with Crippen LogP contribution in [-0.2, 0) is 17.8 Å². The first-order valence-electron chi connectivity index (χ1n) is 7.05. The second kappa shape index (κ2) is 7.45. The van der Waals surface area contributed by atoms with E-state index in [1.165, 1.54) is 0 Å². The lowest BCUT2D eigenvalue weighted by Gasteiger charge is -2.11. The van der Waals surface area contributed by atoms with E-state index < -0.39 is 0 Å². The average Bonchev–Trinajstić information content (AvgIpc) is 2.46. The lowest BCUT2D eigenvalue weighted by Crippen LogP contribution is -2.18. The minimum Gasteiger partial charge on any atom is -0.508 e. The van der Waals surface area contributed by atoms with Gasteiger partial charge in [0.25, 0.3) is 0 Å². The zero-order valence-electron chi connectivity index (χ0n) is 12.1. The predicted molar refractivity (Wildman–Crippen MR) is 84.3 cm³/mol. The van der Waals surface area contributed by atoms with Gasteiger partial charge < -0.3 is 15.7 Å². The van der Waals surface area contributed by atoms with E-state index in [-0.39, 0.29) is 18.1 Å². The number of benzene rings is 2. The normalized spacial score (nSPS) is 10.3. The van der Waals surface area contributed by atoms with Crippen molar-refractivity contribution < 1.29 is 9.90 Å². The topological polar surface area (TPSA) is 61.4 Å². The van der Waals surface area contributed by atoms with Gasteiger partial charge in [-0.25, -0.2) is 0 Å². The molecule has 0 unspecified atom stereocenters. The fourth-order valence-electron chi connectivity index (χ4n) is 2.10. The maximum absolute atomic E-state index is 12.1. The third kappa shape index (κ3) is 4.61. The van der Waals surface area contributed by atoms with E-state index in [1.807, 2.05) is 37.3 Å². The molecule has 0 spiro atoms. The number of hydrogen-bond acceptors (Lipinski definition) is 3. The number of aromatic hydroxyl groups is 1. The Morgan fingerprint density at radius 1 is 1.14 bits per heavy atom. The molecule has 3 N–H and O–H groups in total. The first-order valence-corrected chi connectivity index (χ1v) is 7.05. The molecule has 0 saturated heterocycles. The van der Waals surface area contributed by atoms with Crippen LogP contribution in [0.4, 0.5) is 5.69 Å². The lowest BCUT2D eigenvalue weighted by atomic mass is 10.1. The minimum atomic E-state index is -0.0930. The smallest absolute Gasteiger partial charge is 0.228 e. The molecule has 4 nitrogen and oxygen atoms in total. The maximum atomic E-state index is 12.1. The van der Waals surface area contributed by atoms with E-state index in [0.717, 1.165) is 29.9 Å². The Morgan fingerprint density at radius 3 is 2.71 bits per heavy atom. The summed E-state index contributed by atoms with van der Waals surface area (Å²) < 4.78 is 0. The molecule has 4 heteroatoms. The number of carbonyl (C=O) groups excluding carboxylic acids is 1. The van der Waals surface area contributed by atoms with E-state index in [4.69, 9.17) is 0 Å². The van der Waals surface area contributed by atoms with Crippen LogP contribution in [0.1, 0.15) is 18.1 Å². The van der Waals surface area contributed by atoms with Crippen molar-refractivity contribution in [2.24, 2.45) is 0 Å². The van der Waals surface area contributed by atoms with Crippen LogP contribution in [0, 0.1) is 0 Å². The van der Waals surface area contributed by atoms with Crippen LogP contribution in [0.2, 0.25) is 0 Å². The molecule has 0 heterocycles. The number of nitrogens with one attached hydrogen (secondary N) is 2. The Morgan fingerprint density at radius 2 is 1.95 bits per heavy atom. The minimum absolute atomic E-state index is 0.0930. The first-order chi connectivity index (χ1) is 10.2. The van der Waals surface area contributed by atoms with Gasteiger partial charge in [0.15, 0.2) is 0 Å². The summed E-state index contributed by atoms with van der Waals surface area (Å²) in [6.07, 6.45) is 0.240. The van der Waals surface area contributed by atoms with Gasteiger partial charge in [-0.2, -0.15) is 0 Å². The van der Waals surface area contributed by atoms with Gasteiger partial charge in [-0.3, -0.25) is 4.79 Å². The van der Waals surface area contributed by atoms with Crippen molar-refractivity contribution >= 4 is 11.6 Å². The fourth-order valence-corrected chi connectivity index (χ4v) is 2.10. The summed E-state index contributed by atoms with van der Waals surface area (Å²) in [5.74, 6) is 0.0809. The van der Waals surface area contributed by atoms with E-state index in [2.05, 4.69) is 10.6 Å². The Balaban J connectivity index is 2.02. The van der Waals surface area contributed by atoms with Crippen LogP contribution in [0.25, 0.3) is 0 Å². The number of phenolic OH excluding ortho intramolecular Hbond substituents is 1. The highest BCUT2D eigenvalue weighted by Crippen LogP contribution is 2.16. The van der Waals surface area contributed by atoms with Gasteiger partial charge in [0.1, 0.15) is 5.75 Å². The largest absolute Gasteiger partial charge is 0.508 e. The second-order valence-electron chi connectivity index (χ2n) is 4.83. The monoisotopic (exact) mass is 284 g/mol. The Kier molecular flexibility index (Phi) is 5.35. The van der Waals surface area contributed by atoms with Crippen molar-refractivity contribution in [3.05, 3.63) is 59.7 Å². The highest BCUT2D eigenvalue weighted by atomic mass is 16.3. The summed E-state index contributed by atoms with van der Waals surface area (Å²) >= 11 is 0. The molecule has 0 aliphatic rings. The third-order valence-corrected chi connectivity index (χ3v) is 3.13. The molecule has 0 fully saturated rings. The number of rotatable bonds is 6. The molecule has 0 saturated carbocycles. The maximum Gasteiger partial charge on any atom is 0.228 e. The summed E-state index contributed by atoms with van der Waals surface area (Å²) in [6.45, 7) is 3.65. The molecule has 0 aliphatic heterocycles. The van der Waals surface area contributed by atoms with E-state index in [9.17, 15) is 9.90 Å². The molecule has 0 aromatic heterocycles. The highest BCUT2D eigenvalue weighted by Gasteiger charge is 2.07. The Bertz CT molecular complexity index is 611. The number of hydrogen-bond donors (Lipinski definition) is 3. The van der Waals surface area contributed by atoms with E-state index in [0.29, 0.717) is 0 Å². The van der Waals surface area contributed by atoms with Crippen molar-refractivity contribution in [2.45, 2.75) is 19.9 Å². The molecular weight excluding hydrogens is 264 g/mol. The summed E-state index contributed by atoms with van der Waals surface area (Å²) in [6, 6.07) is 14.5. The third-order valence-electron chi connectivity index (χ3n) is 3.13. The zero-order valence-corrected chi connectivity index (χ0v) is 12.1. The van der Waals surface area contributed by atoms with Gasteiger partial charge >= 0.3 is 0 Å². The van der Waals surface area contributed by atoms with Gasteiger partial charge in [-0.15, -0.1) is 0 Å². The van der Waals surface area contributed by atoms with Gasteiger partial charge in [-0.05, 0) is 35.9 Å². The average molecular weight is 284 g/mol. The molecule has 0 atom stereocenters. The van der Waals surface area contributed by atoms with Crippen LogP contribution in [0.3, 0.4) is 0 Å². The molecule has 2 aromatic rings. The van der Waals surface area contributed by atoms with Crippen molar-refractivity contribution in [2.75, 3.05) is 11.9 Å². The van der Waals surface area contributed by atoms with Gasteiger partial charge in [0, 0.05) is 12.2 Å². The van der Waals surface area contributed by atoms with Crippen LogP contribution in [-0.4, -0.2) is 17.6 Å². The van der Waals surface area contributed by atoms with Gasteiger partial charge in [-0.1, -0.05) is 37.3 Å². The predicted octanol–water partition coefficient (Wildman–Crippen LogP) is 2.68. The molecule has 0 bridgehead atoms. The second-order valence-corrected chi connectivity index (χ2v) is 4.83. The van der Waals surface area contributed by atoms with Crippen LogP contribution >= 0.6 is 0 Å². The van der Waals surface area contributed by atoms with Crippen molar-refractivity contribution in [3.8, 4) is 5.75 Å². The van der Waals surface area contributed by atoms with Crippen LogP contribution in [0.15, 0.2) is 48.5 Å². The highest BCUT2D eigenvalue weighted by molar-refractivity contribution is 5.93. The SMILES string of the molecule is CCNCc1ccccc1NC(=O)Cc1cccc(O)c1. The summed E-state index contributed by atoms with van der Waals surface area (Å²) in [4.78, 5) is 12.1. The standard InChI is InChI=1S/C17H20N2O2/c1-2-18-12-14-7-3-4-9-16(14)19-17(21)11-13-6-5-8-15(20)10-13/h3-10,18,20H,2,11-12H2,1H3,(H,19,21). The first kappa shape index (κ1) is 15.1. The zero-order chi connectivity index (χ0) is 15.1. The molecule has 21 heavy (non-hydrogen) atoms. The number of carbonyl (C=O) groups is 1. The van der Waals surface area contributed by atoms with Crippen molar-refractivity contribution in [3.63, 3.8) is 0 Å². The summed E-state index contributed by atoms with van der Waals surface area (Å²) in [5, 5.41) is 15.6. The fraction of sp³-hybridized carbons (Fsp3) is 0.235. The molecule has 0 radical (unpaired) electrons. The molecule has 0 aliphatic carbocycles. The van der Waals surface area contributed by atoms with Crippen LogP contribution < -0.4 is 10.6 Å². The number of phenols is 1. The molecule has 2 rings (SSSR count). The molecule has 110 valence electrons. The molecule has 2 aromatic carbocycles. The number of para-hydroxylation sites is 1. The van der Waals surface area contributed by atoms with Gasteiger partial charge in [0.2, 0.25) is 5.91 Å². The van der Waals surface area contributed by atoms with E-state index in [1.54, 1.807) is 18.2 Å². The number of anilines is 1. The molecular formula is C17H20N2O2. The Labute approximate surface area is 124 Å². The quantitative estimate of drug-likeness (QED) is 0.764. The molecule has 1 amide bonds. The Hall–Kier alpha value is -2.33. The lowest BCUT2D eigenvalue weighted by molar-refractivity contribution is -0.115. The van der Waals surface area contributed by atoms with Gasteiger partial charge in [0.05, 0.1) is 6.42 Å².